The normalized spacial score (nSPS) is 21.9. The van der Waals surface area contributed by atoms with Crippen LogP contribution in [0.5, 0.6) is 0 Å². The predicted octanol–water partition coefficient (Wildman–Crippen LogP) is 1.89. The van der Waals surface area contributed by atoms with E-state index in [1.807, 2.05) is 0 Å². The first-order valence-corrected chi connectivity index (χ1v) is 8.30. The molecule has 6 heteroatoms. The molecular weight excluding hydrogens is 303 g/mol. The molecule has 0 aliphatic carbocycles. The number of hydrogen-bond acceptors (Lipinski definition) is 3. The molecule has 2 aliphatic rings. The Labute approximate surface area is 133 Å². The van der Waals surface area contributed by atoms with Gasteiger partial charge in [-0.1, -0.05) is 18.2 Å². The van der Waals surface area contributed by atoms with Gasteiger partial charge in [0.2, 0.25) is 0 Å². The molecule has 1 aromatic rings. The van der Waals surface area contributed by atoms with Gasteiger partial charge >= 0.3 is 0 Å². The highest BCUT2D eigenvalue weighted by molar-refractivity contribution is 8.18. The number of carbonyl (C=O) groups is 2. The molecule has 0 atom stereocenters. The van der Waals surface area contributed by atoms with Crippen LogP contribution in [-0.4, -0.2) is 35.8 Å². The summed E-state index contributed by atoms with van der Waals surface area (Å²) in [4.78, 5) is 27.3. The van der Waals surface area contributed by atoms with Crippen LogP contribution in [-0.2, 0) is 4.79 Å². The van der Waals surface area contributed by atoms with E-state index < -0.39 is 5.82 Å². The zero-order chi connectivity index (χ0) is 15.5. The molecule has 2 amide bonds. The summed E-state index contributed by atoms with van der Waals surface area (Å²) in [5, 5.41) is -0.259. The lowest BCUT2D eigenvalue weighted by Crippen LogP contribution is -3.14. The van der Waals surface area contributed by atoms with E-state index in [9.17, 15) is 14.0 Å². The smallest absolute Gasteiger partial charge is 0.298 e. The number of thioether (sulfide) groups is 1. The van der Waals surface area contributed by atoms with Crippen molar-refractivity contribution in [2.45, 2.75) is 19.3 Å². The van der Waals surface area contributed by atoms with E-state index in [2.05, 4.69) is 0 Å². The van der Waals surface area contributed by atoms with Crippen LogP contribution in [0.3, 0.4) is 0 Å². The molecule has 116 valence electrons. The molecule has 4 nitrogen and oxygen atoms in total. The third kappa shape index (κ3) is 3.23. The van der Waals surface area contributed by atoms with Crippen LogP contribution in [0.25, 0.3) is 6.08 Å². The largest absolute Gasteiger partial charge is 0.317 e. The van der Waals surface area contributed by atoms with E-state index in [-0.39, 0.29) is 11.1 Å². The van der Waals surface area contributed by atoms with Gasteiger partial charge < -0.3 is 4.90 Å². The first-order chi connectivity index (χ1) is 10.6. The van der Waals surface area contributed by atoms with E-state index in [1.165, 1.54) is 28.4 Å². The van der Waals surface area contributed by atoms with Gasteiger partial charge in [0.25, 0.3) is 11.1 Å². The highest BCUT2D eigenvalue weighted by atomic mass is 32.2. The number of halogens is 1. The standard InChI is InChI=1S/C16H17FN2O2S/c17-13-7-3-2-6-12(13)10-14-15(20)19(16(21)22-14)11-18-8-4-1-5-9-18/h2-3,6-7,10H,1,4-5,8-9,11H2/p+1/b14-10+. The molecule has 1 aromatic carbocycles. The molecule has 0 saturated carbocycles. The number of nitrogens with one attached hydrogen (secondary N) is 1. The van der Waals surface area contributed by atoms with Crippen molar-refractivity contribution in [2.75, 3.05) is 19.8 Å². The van der Waals surface area contributed by atoms with Gasteiger partial charge in [0, 0.05) is 5.56 Å². The van der Waals surface area contributed by atoms with Crippen molar-refractivity contribution in [3.63, 3.8) is 0 Å². The van der Waals surface area contributed by atoms with Crippen molar-refractivity contribution in [3.8, 4) is 0 Å². The minimum absolute atomic E-state index is 0.259. The Morgan fingerprint density at radius 1 is 1.18 bits per heavy atom. The zero-order valence-corrected chi connectivity index (χ0v) is 13.0. The molecule has 2 aliphatic heterocycles. The Kier molecular flexibility index (Phi) is 4.59. The lowest BCUT2D eigenvalue weighted by Gasteiger charge is -2.26. The number of rotatable bonds is 3. The summed E-state index contributed by atoms with van der Waals surface area (Å²) in [6, 6.07) is 6.24. The number of quaternary nitrogens is 1. The minimum atomic E-state index is -0.393. The average molecular weight is 321 g/mol. The van der Waals surface area contributed by atoms with Gasteiger partial charge in [-0.05, 0) is 43.2 Å². The number of nitrogens with zero attached hydrogens (tertiary/aromatic N) is 1. The molecule has 2 fully saturated rings. The number of hydrogen-bond donors (Lipinski definition) is 1. The van der Waals surface area contributed by atoms with Crippen LogP contribution in [0, 0.1) is 5.82 Å². The van der Waals surface area contributed by atoms with Gasteiger partial charge in [0.15, 0.2) is 6.67 Å². The molecule has 0 unspecified atom stereocenters. The third-order valence-electron chi connectivity index (χ3n) is 4.01. The summed E-state index contributed by atoms with van der Waals surface area (Å²) in [7, 11) is 0. The second-order valence-electron chi connectivity index (χ2n) is 5.60. The zero-order valence-electron chi connectivity index (χ0n) is 12.2. The Balaban J connectivity index is 1.75. The van der Waals surface area contributed by atoms with Gasteiger partial charge in [0.05, 0.1) is 18.0 Å². The molecule has 3 rings (SSSR count). The van der Waals surface area contributed by atoms with Gasteiger partial charge in [-0.2, -0.15) is 0 Å². The second-order valence-corrected chi connectivity index (χ2v) is 6.59. The Bertz CT molecular complexity index is 626. The maximum Gasteiger partial charge on any atom is 0.298 e. The monoisotopic (exact) mass is 321 g/mol. The number of imide groups is 1. The number of likely N-dealkylation sites (tertiary alicyclic amines) is 1. The summed E-state index contributed by atoms with van der Waals surface area (Å²) in [6.45, 7) is 2.40. The predicted molar refractivity (Wildman–Crippen MR) is 83.6 cm³/mol. The molecule has 1 N–H and O–H groups in total. The maximum absolute atomic E-state index is 13.7. The highest BCUT2D eigenvalue weighted by Crippen LogP contribution is 2.31. The number of piperidine rings is 1. The van der Waals surface area contributed by atoms with Crippen molar-refractivity contribution in [2.24, 2.45) is 0 Å². The lowest BCUT2D eigenvalue weighted by molar-refractivity contribution is -0.912. The summed E-state index contributed by atoms with van der Waals surface area (Å²) in [5.74, 6) is -0.702. The molecule has 0 radical (unpaired) electrons. The van der Waals surface area contributed by atoms with Crippen molar-refractivity contribution >= 4 is 29.0 Å². The summed E-state index contributed by atoms with van der Waals surface area (Å²) >= 11 is 0.892. The minimum Gasteiger partial charge on any atom is -0.317 e. The summed E-state index contributed by atoms with van der Waals surface area (Å²) < 4.78 is 13.7. The van der Waals surface area contributed by atoms with Crippen LogP contribution in [0.1, 0.15) is 24.8 Å². The third-order valence-corrected chi connectivity index (χ3v) is 4.92. The van der Waals surface area contributed by atoms with E-state index in [1.54, 1.807) is 18.2 Å². The first kappa shape index (κ1) is 15.2. The van der Waals surface area contributed by atoms with Crippen LogP contribution in [0.2, 0.25) is 0 Å². The van der Waals surface area contributed by atoms with Crippen LogP contribution in [0.4, 0.5) is 9.18 Å². The van der Waals surface area contributed by atoms with Crippen molar-refractivity contribution < 1.29 is 18.9 Å². The Morgan fingerprint density at radius 3 is 2.64 bits per heavy atom. The maximum atomic E-state index is 13.7. The van der Waals surface area contributed by atoms with Crippen LogP contribution >= 0.6 is 11.8 Å². The number of carbonyl (C=O) groups excluding carboxylic acids is 2. The van der Waals surface area contributed by atoms with E-state index in [0.717, 1.165) is 37.7 Å². The fourth-order valence-electron chi connectivity index (χ4n) is 2.80. The molecule has 0 bridgehead atoms. The van der Waals surface area contributed by atoms with E-state index >= 15 is 0 Å². The fourth-order valence-corrected chi connectivity index (χ4v) is 3.63. The van der Waals surface area contributed by atoms with E-state index in [0.29, 0.717) is 17.1 Å². The average Bonchev–Trinajstić information content (AvgIpc) is 2.78. The summed E-state index contributed by atoms with van der Waals surface area (Å²) in [5.41, 5.74) is 0.332. The second kappa shape index (κ2) is 6.62. The number of amides is 2. The van der Waals surface area contributed by atoms with Gasteiger partial charge in [-0.3, -0.25) is 9.59 Å². The molecular formula is C16H18FN2O2S+. The molecule has 2 heterocycles. The lowest BCUT2D eigenvalue weighted by atomic mass is 10.1. The van der Waals surface area contributed by atoms with Crippen LogP contribution < -0.4 is 4.90 Å². The first-order valence-electron chi connectivity index (χ1n) is 7.48. The van der Waals surface area contributed by atoms with E-state index in [4.69, 9.17) is 0 Å². The van der Waals surface area contributed by atoms with Gasteiger partial charge in [-0.15, -0.1) is 0 Å². The topological polar surface area (TPSA) is 41.8 Å². The highest BCUT2D eigenvalue weighted by Gasteiger charge is 2.37. The Hall–Kier alpha value is -1.66. The van der Waals surface area contributed by atoms with Crippen molar-refractivity contribution in [1.82, 2.24) is 4.90 Å². The SMILES string of the molecule is O=C1S/C(=C/c2ccccc2F)C(=O)N1C[NH+]1CCCCC1. The van der Waals surface area contributed by atoms with Crippen LogP contribution in [0.15, 0.2) is 29.2 Å². The van der Waals surface area contributed by atoms with Crippen molar-refractivity contribution in [1.29, 1.82) is 0 Å². The molecule has 0 aromatic heterocycles. The van der Waals surface area contributed by atoms with Gasteiger partial charge in [0.1, 0.15) is 5.82 Å². The Morgan fingerprint density at radius 2 is 1.91 bits per heavy atom. The number of benzene rings is 1. The quantitative estimate of drug-likeness (QED) is 0.865. The molecule has 22 heavy (non-hydrogen) atoms. The molecule has 0 spiro atoms. The fraction of sp³-hybridized carbons (Fsp3) is 0.375. The summed E-state index contributed by atoms with van der Waals surface area (Å²) in [6.07, 6.45) is 4.96. The molecule has 2 saturated heterocycles. The van der Waals surface area contributed by atoms with Gasteiger partial charge in [-0.25, -0.2) is 9.29 Å². The van der Waals surface area contributed by atoms with Crippen molar-refractivity contribution in [3.05, 3.63) is 40.6 Å².